The highest BCUT2D eigenvalue weighted by molar-refractivity contribution is 6.30. The number of fused-ring (bicyclic) bond motifs is 1. The summed E-state index contributed by atoms with van der Waals surface area (Å²) in [5, 5.41) is 0.323. The molecule has 0 spiro atoms. The summed E-state index contributed by atoms with van der Waals surface area (Å²) in [5.41, 5.74) is 9.17. The van der Waals surface area contributed by atoms with Crippen molar-refractivity contribution in [2.75, 3.05) is 5.73 Å². The van der Waals surface area contributed by atoms with Crippen molar-refractivity contribution >= 4 is 28.6 Å². The van der Waals surface area contributed by atoms with E-state index in [2.05, 4.69) is 4.98 Å². The number of anilines is 1. The van der Waals surface area contributed by atoms with Gasteiger partial charge in [-0.3, -0.25) is 4.57 Å². The zero-order valence-electron chi connectivity index (χ0n) is 10.2. The van der Waals surface area contributed by atoms with E-state index in [1.807, 2.05) is 25.1 Å². The van der Waals surface area contributed by atoms with Gasteiger partial charge < -0.3 is 5.73 Å². The highest BCUT2D eigenvalue weighted by Crippen LogP contribution is 2.26. The second-order valence-electron chi connectivity index (χ2n) is 4.43. The zero-order chi connectivity index (χ0) is 13.6. The molecule has 0 atom stereocenters. The fourth-order valence-electron chi connectivity index (χ4n) is 2.14. The molecule has 1 heterocycles. The van der Waals surface area contributed by atoms with Gasteiger partial charge in [0.1, 0.15) is 5.82 Å². The molecule has 96 valence electrons. The Kier molecular flexibility index (Phi) is 2.68. The fourth-order valence-corrected chi connectivity index (χ4v) is 2.36. The molecule has 5 heteroatoms. The van der Waals surface area contributed by atoms with Gasteiger partial charge in [-0.05, 0) is 42.8 Å². The standard InChI is InChI=1S/C14H11ClFN3/c1-8-2-3-12-13(4-8)19(14(17)18-12)11-6-9(15)5-10(16)7-11/h2-7H,1H3,(H2,17,18). The maximum atomic E-state index is 13.5. The molecular weight excluding hydrogens is 265 g/mol. The number of hydrogen-bond acceptors (Lipinski definition) is 2. The van der Waals surface area contributed by atoms with Crippen molar-refractivity contribution in [1.29, 1.82) is 0 Å². The molecule has 0 saturated carbocycles. The van der Waals surface area contributed by atoms with Crippen molar-refractivity contribution in [2.24, 2.45) is 0 Å². The monoisotopic (exact) mass is 275 g/mol. The summed E-state index contributed by atoms with van der Waals surface area (Å²) < 4.78 is 15.2. The minimum Gasteiger partial charge on any atom is -0.369 e. The number of hydrogen-bond donors (Lipinski definition) is 1. The van der Waals surface area contributed by atoms with E-state index in [4.69, 9.17) is 17.3 Å². The number of halogens is 2. The Labute approximate surface area is 114 Å². The minimum atomic E-state index is -0.406. The van der Waals surface area contributed by atoms with Gasteiger partial charge in [-0.15, -0.1) is 0 Å². The number of aryl methyl sites for hydroxylation is 1. The molecule has 2 N–H and O–H groups in total. The van der Waals surface area contributed by atoms with E-state index in [0.717, 1.165) is 16.6 Å². The highest BCUT2D eigenvalue weighted by Gasteiger charge is 2.11. The Morgan fingerprint density at radius 1 is 1.21 bits per heavy atom. The molecule has 2 aromatic carbocycles. The molecule has 0 unspecified atom stereocenters. The molecule has 19 heavy (non-hydrogen) atoms. The Bertz CT molecular complexity index is 759. The Balaban J connectivity index is 2.35. The van der Waals surface area contributed by atoms with Gasteiger partial charge in [0.25, 0.3) is 0 Å². The van der Waals surface area contributed by atoms with E-state index >= 15 is 0 Å². The molecule has 3 nitrogen and oxygen atoms in total. The van der Waals surface area contributed by atoms with Gasteiger partial charge in [-0.25, -0.2) is 9.37 Å². The maximum Gasteiger partial charge on any atom is 0.205 e. The smallest absolute Gasteiger partial charge is 0.205 e. The third-order valence-electron chi connectivity index (χ3n) is 2.94. The number of nitrogens with two attached hydrogens (primary N) is 1. The Morgan fingerprint density at radius 3 is 2.74 bits per heavy atom. The molecule has 1 aromatic heterocycles. The van der Waals surface area contributed by atoms with Crippen LogP contribution in [0.1, 0.15) is 5.56 Å². The van der Waals surface area contributed by atoms with Crippen LogP contribution in [0.5, 0.6) is 0 Å². The van der Waals surface area contributed by atoms with Crippen LogP contribution in [0.2, 0.25) is 5.02 Å². The van der Waals surface area contributed by atoms with Gasteiger partial charge in [0.05, 0.1) is 16.7 Å². The van der Waals surface area contributed by atoms with E-state index in [0.29, 0.717) is 16.7 Å². The van der Waals surface area contributed by atoms with Crippen molar-refractivity contribution in [3.8, 4) is 5.69 Å². The number of imidazole rings is 1. The van der Waals surface area contributed by atoms with E-state index in [9.17, 15) is 4.39 Å². The second-order valence-corrected chi connectivity index (χ2v) is 4.86. The van der Waals surface area contributed by atoms with Crippen LogP contribution < -0.4 is 5.73 Å². The Morgan fingerprint density at radius 2 is 2.00 bits per heavy atom. The molecule has 0 bridgehead atoms. The lowest BCUT2D eigenvalue weighted by Gasteiger charge is -2.07. The SMILES string of the molecule is Cc1ccc2nc(N)n(-c3cc(F)cc(Cl)c3)c2c1. The first-order valence-electron chi connectivity index (χ1n) is 5.75. The van der Waals surface area contributed by atoms with Gasteiger partial charge >= 0.3 is 0 Å². The second kappa shape index (κ2) is 4.24. The van der Waals surface area contributed by atoms with E-state index in [1.54, 1.807) is 10.6 Å². The molecule has 0 aliphatic rings. The molecule has 0 saturated heterocycles. The van der Waals surface area contributed by atoms with Crippen LogP contribution >= 0.6 is 11.6 Å². The first kappa shape index (κ1) is 12.0. The highest BCUT2D eigenvalue weighted by atomic mass is 35.5. The number of nitrogen functional groups attached to an aromatic ring is 1. The van der Waals surface area contributed by atoms with Crippen molar-refractivity contribution in [3.63, 3.8) is 0 Å². The van der Waals surface area contributed by atoms with Crippen LogP contribution in [-0.4, -0.2) is 9.55 Å². The van der Waals surface area contributed by atoms with Crippen LogP contribution in [0.4, 0.5) is 10.3 Å². The van der Waals surface area contributed by atoms with Gasteiger partial charge in [0.15, 0.2) is 0 Å². The predicted molar refractivity (Wildman–Crippen MR) is 75.2 cm³/mol. The molecule has 3 aromatic rings. The van der Waals surface area contributed by atoms with Crippen LogP contribution in [0.15, 0.2) is 36.4 Å². The minimum absolute atomic E-state index is 0.308. The van der Waals surface area contributed by atoms with Crippen LogP contribution in [0.3, 0.4) is 0 Å². The third-order valence-corrected chi connectivity index (χ3v) is 3.16. The molecule has 0 radical (unpaired) electrons. The molecular formula is C14H11ClFN3. The molecule has 0 aliphatic carbocycles. The zero-order valence-corrected chi connectivity index (χ0v) is 10.9. The van der Waals surface area contributed by atoms with Crippen molar-refractivity contribution < 1.29 is 4.39 Å². The van der Waals surface area contributed by atoms with E-state index in [-0.39, 0.29) is 0 Å². The van der Waals surface area contributed by atoms with Crippen LogP contribution in [0.25, 0.3) is 16.7 Å². The first-order chi connectivity index (χ1) is 9.04. The third kappa shape index (κ3) is 2.04. The van der Waals surface area contributed by atoms with E-state index < -0.39 is 5.82 Å². The van der Waals surface area contributed by atoms with Crippen molar-refractivity contribution in [3.05, 3.63) is 52.8 Å². The normalized spacial score (nSPS) is 11.1. The summed E-state index contributed by atoms with van der Waals surface area (Å²) in [4.78, 5) is 4.27. The summed E-state index contributed by atoms with van der Waals surface area (Å²) >= 11 is 5.89. The summed E-state index contributed by atoms with van der Waals surface area (Å²) in [6, 6.07) is 10.1. The van der Waals surface area contributed by atoms with Gasteiger partial charge in [-0.2, -0.15) is 0 Å². The average Bonchev–Trinajstić information content (AvgIpc) is 2.63. The summed E-state index contributed by atoms with van der Waals surface area (Å²) in [7, 11) is 0. The lowest BCUT2D eigenvalue weighted by molar-refractivity contribution is 0.627. The molecule has 0 amide bonds. The predicted octanol–water partition coefficient (Wildman–Crippen LogP) is 3.71. The lowest BCUT2D eigenvalue weighted by atomic mass is 10.2. The number of aromatic nitrogens is 2. The quantitative estimate of drug-likeness (QED) is 0.736. The number of benzene rings is 2. The first-order valence-corrected chi connectivity index (χ1v) is 6.13. The summed E-state index contributed by atoms with van der Waals surface area (Å²) in [6.45, 7) is 1.98. The number of rotatable bonds is 1. The van der Waals surface area contributed by atoms with Crippen molar-refractivity contribution in [2.45, 2.75) is 6.92 Å². The fraction of sp³-hybridized carbons (Fsp3) is 0.0714. The Hall–Kier alpha value is -2.07. The molecule has 0 aliphatic heterocycles. The van der Waals surface area contributed by atoms with Crippen molar-refractivity contribution in [1.82, 2.24) is 9.55 Å². The van der Waals surface area contributed by atoms with Crippen LogP contribution in [0, 0.1) is 12.7 Å². The van der Waals surface area contributed by atoms with Gasteiger partial charge in [-0.1, -0.05) is 17.7 Å². The average molecular weight is 276 g/mol. The molecule has 3 rings (SSSR count). The lowest BCUT2D eigenvalue weighted by Crippen LogP contribution is -2.01. The number of nitrogens with zero attached hydrogens (tertiary/aromatic N) is 2. The summed E-state index contributed by atoms with van der Waals surface area (Å²) in [6.07, 6.45) is 0. The maximum absolute atomic E-state index is 13.5. The van der Waals surface area contributed by atoms with Gasteiger partial charge in [0, 0.05) is 5.02 Å². The molecule has 0 fully saturated rings. The van der Waals surface area contributed by atoms with E-state index in [1.165, 1.54) is 12.1 Å². The van der Waals surface area contributed by atoms with Gasteiger partial charge in [0.2, 0.25) is 5.95 Å². The van der Waals surface area contributed by atoms with Crippen LogP contribution in [-0.2, 0) is 0 Å². The largest absolute Gasteiger partial charge is 0.369 e. The summed E-state index contributed by atoms with van der Waals surface area (Å²) in [5.74, 6) is -0.0985. The topological polar surface area (TPSA) is 43.8 Å².